The number of likely N-dealkylation sites (N-methyl/N-ethyl adjacent to an activating group) is 1. The Morgan fingerprint density at radius 1 is 1.23 bits per heavy atom. The second-order valence-corrected chi connectivity index (χ2v) is 9.59. The summed E-state index contributed by atoms with van der Waals surface area (Å²) in [6, 6.07) is 8.08. The molecule has 162 valence electrons. The van der Waals surface area contributed by atoms with Crippen LogP contribution in [-0.2, 0) is 9.53 Å². The lowest BCUT2D eigenvalue weighted by molar-refractivity contribution is -0.125. The van der Waals surface area contributed by atoms with Gasteiger partial charge in [0.25, 0.3) is 0 Å². The number of carbonyl (C=O) groups is 2. The number of hydrogen-bond acceptors (Lipinski definition) is 5. The average Bonchev–Trinajstić information content (AvgIpc) is 3.14. The molecule has 1 aliphatic rings. The molecule has 0 radical (unpaired) electrons. The van der Waals surface area contributed by atoms with Crippen molar-refractivity contribution in [1.29, 1.82) is 0 Å². The molecule has 2 aromatic rings. The fourth-order valence-electron chi connectivity index (χ4n) is 3.58. The lowest BCUT2D eigenvalue weighted by atomic mass is 9.82. The van der Waals surface area contributed by atoms with Crippen LogP contribution in [0.2, 0.25) is 0 Å². The van der Waals surface area contributed by atoms with Crippen molar-refractivity contribution in [3.05, 3.63) is 41.4 Å². The van der Waals surface area contributed by atoms with Crippen molar-refractivity contribution in [2.45, 2.75) is 52.1 Å². The third kappa shape index (κ3) is 5.59. The van der Waals surface area contributed by atoms with E-state index in [2.05, 4.69) is 23.5 Å². The van der Waals surface area contributed by atoms with Crippen LogP contribution in [0, 0.1) is 5.92 Å². The van der Waals surface area contributed by atoms with Crippen LogP contribution in [0.5, 0.6) is 0 Å². The topological polar surface area (TPSA) is 71.5 Å². The van der Waals surface area contributed by atoms with Gasteiger partial charge in [-0.3, -0.25) is 4.79 Å². The molecule has 1 heterocycles. The molecule has 7 heteroatoms. The summed E-state index contributed by atoms with van der Waals surface area (Å²) < 4.78 is 6.58. The quantitative estimate of drug-likeness (QED) is 0.675. The first-order valence-electron chi connectivity index (χ1n) is 10.5. The highest BCUT2D eigenvalue weighted by Crippen LogP contribution is 2.38. The highest BCUT2D eigenvalue weighted by atomic mass is 32.1. The number of carbonyl (C=O) groups excluding carboxylic acids is 2. The fourth-order valence-corrected chi connectivity index (χ4v) is 4.72. The Labute approximate surface area is 182 Å². The zero-order chi connectivity index (χ0) is 21.7. The van der Waals surface area contributed by atoms with Crippen molar-refractivity contribution < 1.29 is 14.3 Å². The minimum Gasteiger partial charge on any atom is -0.444 e. The molecule has 30 heavy (non-hydrogen) atoms. The number of ether oxygens (including phenoxy) is 1. The normalized spacial score (nSPS) is 18.9. The van der Waals surface area contributed by atoms with Crippen molar-refractivity contribution in [1.82, 2.24) is 15.2 Å². The number of para-hydroxylation sites is 1. The second-order valence-electron chi connectivity index (χ2n) is 8.53. The summed E-state index contributed by atoms with van der Waals surface area (Å²) in [6.07, 6.45) is 5.38. The lowest BCUT2D eigenvalue weighted by Gasteiger charge is -2.28. The first-order valence-corrected chi connectivity index (χ1v) is 11.4. The Hall–Kier alpha value is -2.41. The fraction of sp³-hybridized carbons (Fsp3) is 0.522. The number of thiazole rings is 1. The standard InChI is InChI=1S/C23H31N3O3S/c1-5-26(22(28)29-23(2,3)4)15-14-24-20(27)16-10-6-7-11-17(16)21-25-18-12-8-9-13-19(18)30-21/h6-9,12-13,16-17H,5,10-11,14-15H2,1-4H3,(H,24,27). The summed E-state index contributed by atoms with van der Waals surface area (Å²) in [5.41, 5.74) is 0.453. The van der Waals surface area contributed by atoms with Gasteiger partial charge in [-0.25, -0.2) is 9.78 Å². The van der Waals surface area contributed by atoms with Crippen LogP contribution >= 0.6 is 11.3 Å². The molecule has 1 aliphatic carbocycles. The minimum atomic E-state index is -0.535. The second kappa shape index (κ2) is 9.60. The summed E-state index contributed by atoms with van der Waals surface area (Å²) in [5.74, 6) is -0.0449. The molecule has 2 atom stereocenters. The highest BCUT2D eigenvalue weighted by molar-refractivity contribution is 7.18. The molecule has 2 amide bonds. The summed E-state index contributed by atoms with van der Waals surface area (Å²) in [6.45, 7) is 8.80. The Balaban J connectivity index is 1.60. The smallest absolute Gasteiger partial charge is 0.410 e. The molecule has 1 aromatic carbocycles. The maximum absolute atomic E-state index is 13.0. The van der Waals surface area contributed by atoms with Gasteiger partial charge in [-0.05, 0) is 52.7 Å². The maximum atomic E-state index is 13.0. The van der Waals surface area contributed by atoms with Crippen LogP contribution in [0.15, 0.2) is 36.4 Å². The van der Waals surface area contributed by atoms with E-state index in [-0.39, 0.29) is 23.8 Å². The van der Waals surface area contributed by atoms with E-state index in [9.17, 15) is 9.59 Å². The van der Waals surface area contributed by atoms with Gasteiger partial charge in [-0.2, -0.15) is 0 Å². The first-order chi connectivity index (χ1) is 14.3. The van der Waals surface area contributed by atoms with Gasteiger partial charge in [-0.1, -0.05) is 24.3 Å². The Kier molecular flexibility index (Phi) is 7.13. The van der Waals surface area contributed by atoms with Gasteiger partial charge >= 0.3 is 6.09 Å². The summed E-state index contributed by atoms with van der Waals surface area (Å²) >= 11 is 1.67. The first kappa shape index (κ1) is 22.3. The van der Waals surface area contributed by atoms with Crippen molar-refractivity contribution in [3.63, 3.8) is 0 Å². The zero-order valence-electron chi connectivity index (χ0n) is 18.2. The molecule has 0 aliphatic heterocycles. The van der Waals surface area contributed by atoms with Crippen LogP contribution in [0.4, 0.5) is 4.79 Å². The molecule has 0 fully saturated rings. The van der Waals surface area contributed by atoms with Gasteiger partial charge in [0.05, 0.1) is 21.1 Å². The van der Waals surface area contributed by atoms with Gasteiger partial charge in [0, 0.05) is 25.6 Å². The SMILES string of the molecule is CCN(CCNC(=O)C1CC=CCC1c1nc2ccccc2s1)C(=O)OC(C)(C)C. The number of fused-ring (bicyclic) bond motifs is 1. The molecule has 3 rings (SSSR count). The van der Waals surface area contributed by atoms with Gasteiger partial charge in [0.2, 0.25) is 5.91 Å². The van der Waals surface area contributed by atoms with Gasteiger partial charge in [0.15, 0.2) is 0 Å². The van der Waals surface area contributed by atoms with Gasteiger partial charge in [0.1, 0.15) is 5.60 Å². The van der Waals surface area contributed by atoms with E-state index in [1.165, 1.54) is 0 Å². The van der Waals surface area contributed by atoms with E-state index in [0.717, 1.165) is 21.6 Å². The predicted molar refractivity (Wildman–Crippen MR) is 121 cm³/mol. The van der Waals surface area contributed by atoms with Gasteiger partial charge in [-0.15, -0.1) is 11.3 Å². The van der Waals surface area contributed by atoms with Crippen molar-refractivity contribution in [2.75, 3.05) is 19.6 Å². The lowest BCUT2D eigenvalue weighted by Crippen LogP contribution is -2.43. The predicted octanol–water partition coefficient (Wildman–Crippen LogP) is 4.72. The van der Waals surface area contributed by atoms with E-state index in [1.807, 2.05) is 45.9 Å². The summed E-state index contributed by atoms with van der Waals surface area (Å²) in [5, 5.41) is 4.04. The van der Waals surface area contributed by atoms with E-state index < -0.39 is 5.60 Å². The number of nitrogens with one attached hydrogen (secondary N) is 1. The van der Waals surface area contributed by atoms with Crippen LogP contribution < -0.4 is 5.32 Å². The van der Waals surface area contributed by atoms with E-state index in [4.69, 9.17) is 9.72 Å². The Bertz CT molecular complexity index is 883. The Morgan fingerprint density at radius 3 is 2.67 bits per heavy atom. The monoisotopic (exact) mass is 429 g/mol. The van der Waals surface area contributed by atoms with Crippen LogP contribution in [0.3, 0.4) is 0 Å². The molecule has 0 bridgehead atoms. The average molecular weight is 430 g/mol. The number of rotatable bonds is 6. The Morgan fingerprint density at radius 2 is 1.97 bits per heavy atom. The van der Waals surface area contributed by atoms with Crippen molar-refractivity contribution >= 4 is 33.6 Å². The highest BCUT2D eigenvalue weighted by Gasteiger charge is 2.32. The molecule has 0 saturated heterocycles. The van der Waals surface area contributed by atoms with Gasteiger partial charge < -0.3 is 15.0 Å². The minimum absolute atomic E-state index is 0.0175. The van der Waals surface area contributed by atoms with Crippen LogP contribution in [0.1, 0.15) is 51.5 Å². The third-order valence-electron chi connectivity index (χ3n) is 5.11. The molecule has 6 nitrogen and oxygen atoms in total. The number of amides is 2. The number of hydrogen-bond donors (Lipinski definition) is 1. The molecular weight excluding hydrogens is 398 g/mol. The third-order valence-corrected chi connectivity index (χ3v) is 6.28. The van der Waals surface area contributed by atoms with Crippen LogP contribution in [-0.4, -0.2) is 47.1 Å². The largest absolute Gasteiger partial charge is 0.444 e. The number of aromatic nitrogens is 1. The molecule has 2 unspecified atom stereocenters. The molecule has 1 N–H and O–H groups in total. The number of nitrogens with zero attached hydrogens (tertiary/aromatic N) is 2. The van der Waals surface area contributed by atoms with Crippen molar-refractivity contribution in [2.24, 2.45) is 5.92 Å². The molecular formula is C23H31N3O3S. The number of benzene rings is 1. The summed E-state index contributed by atoms with van der Waals surface area (Å²) in [4.78, 5) is 31.6. The van der Waals surface area contributed by atoms with E-state index in [1.54, 1.807) is 16.2 Å². The number of allylic oxidation sites excluding steroid dienone is 2. The molecule has 1 aromatic heterocycles. The summed E-state index contributed by atoms with van der Waals surface area (Å²) in [7, 11) is 0. The van der Waals surface area contributed by atoms with E-state index in [0.29, 0.717) is 26.1 Å². The maximum Gasteiger partial charge on any atom is 0.410 e. The molecule has 0 saturated carbocycles. The molecule has 0 spiro atoms. The van der Waals surface area contributed by atoms with Crippen LogP contribution in [0.25, 0.3) is 10.2 Å². The zero-order valence-corrected chi connectivity index (χ0v) is 19.0. The van der Waals surface area contributed by atoms with Crippen molar-refractivity contribution in [3.8, 4) is 0 Å². The van der Waals surface area contributed by atoms with E-state index >= 15 is 0 Å².